The molecule has 0 spiro atoms. The van der Waals surface area contributed by atoms with Crippen LogP contribution in [0.25, 0.3) is 0 Å². The molecular formula is C11H12O. The van der Waals surface area contributed by atoms with Crippen molar-refractivity contribution in [2.24, 2.45) is 0 Å². The topological polar surface area (TPSA) is 9.23 Å². The zero-order valence-electron chi connectivity index (χ0n) is 7.05. The van der Waals surface area contributed by atoms with Crippen LogP contribution in [0.5, 0.6) is 0 Å². The van der Waals surface area contributed by atoms with E-state index in [9.17, 15) is 0 Å². The Hall–Kier alpha value is -0.820. The van der Waals surface area contributed by atoms with Gasteiger partial charge in [-0.05, 0) is 36.0 Å². The van der Waals surface area contributed by atoms with E-state index in [2.05, 4.69) is 18.2 Å². The molecule has 0 bridgehead atoms. The monoisotopic (exact) mass is 160 g/mol. The van der Waals surface area contributed by atoms with Crippen molar-refractivity contribution in [2.45, 2.75) is 25.4 Å². The Bertz CT molecular complexity index is 307. The molecule has 1 atom stereocenters. The van der Waals surface area contributed by atoms with Crippen LogP contribution in [-0.4, -0.2) is 12.7 Å². The van der Waals surface area contributed by atoms with Crippen molar-refractivity contribution in [3.63, 3.8) is 0 Å². The quantitative estimate of drug-likeness (QED) is 0.528. The van der Waals surface area contributed by atoms with Gasteiger partial charge in [0.25, 0.3) is 0 Å². The lowest BCUT2D eigenvalue weighted by molar-refractivity contribution is 0.116. The molecule has 0 saturated carbocycles. The molecule has 0 radical (unpaired) electrons. The smallest absolute Gasteiger partial charge is 0.0798 e. The van der Waals surface area contributed by atoms with Crippen molar-refractivity contribution >= 4 is 0 Å². The first kappa shape index (κ1) is 6.67. The first-order valence-corrected chi connectivity index (χ1v) is 4.67. The molecule has 0 N–H and O–H groups in total. The number of hydrogen-bond donors (Lipinski definition) is 0. The van der Waals surface area contributed by atoms with Gasteiger partial charge >= 0.3 is 0 Å². The van der Waals surface area contributed by atoms with Crippen molar-refractivity contribution in [2.75, 3.05) is 6.61 Å². The number of allylic oxidation sites excluding steroid dienone is 5. The van der Waals surface area contributed by atoms with Gasteiger partial charge in [0.05, 0.1) is 12.7 Å². The fourth-order valence-electron chi connectivity index (χ4n) is 2.41. The van der Waals surface area contributed by atoms with Crippen LogP contribution in [-0.2, 0) is 4.74 Å². The van der Waals surface area contributed by atoms with E-state index in [0.29, 0.717) is 6.10 Å². The van der Waals surface area contributed by atoms with Gasteiger partial charge in [0.1, 0.15) is 0 Å². The Kier molecular flexibility index (Phi) is 1.30. The molecular weight excluding hydrogens is 148 g/mol. The second kappa shape index (κ2) is 2.33. The van der Waals surface area contributed by atoms with Crippen molar-refractivity contribution in [3.05, 3.63) is 34.9 Å². The van der Waals surface area contributed by atoms with Gasteiger partial charge in [-0.15, -0.1) is 0 Å². The maximum Gasteiger partial charge on any atom is 0.0798 e. The summed E-state index contributed by atoms with van der Waals surface area (Å²) in [6, 6.07) is 0. The predicted molar refractivity (Wildman–Crippen MR) is 47.8 cm³/mol. The van der Waals surface area contributed by atoms with Crippen LogP contribution in [0.3, 0.4) is 0 Å². The molecule has 12 heavy (non-hydrogen) atoms. The third kappa shape index (κ3) is 0.774. The summed E-state index contributed by atoms with van der Waals surface area (Å²) < 4.78 is 5.65. The predicted octanol–water partition coefficient (Wildman–Crippen LogP) is 2.36. The standard InChI is InChI=1S/C11H12O/c1-2-8-4-5-11-10(6-7-12-11)9(8)3-1/h1-3,11H,4-7H2. The number of fused-ring (bicyclic) bond motifs is 2. The normalized spacial score (nSPS) is 32.0. The molecule has 0 amide bonds. The van der Waals surface area contributed by atoms with E-state index in [0.717, 1.165) is 13.0 Å². The number of ether oxygens (including phenoxy) is 1. The van der Waals surface area contributed by atoms with Gasteiger partial charge in [-0.1, -0.05) is 18.2 Å². The number of hydrogen-bond acceptors (Lipinski definition) is 1. The molecule has 0 aromatic rings. The van der Waals surface area contributed by atoms with Crippen molar-refractivity contribution in [1.29, 1.82) is 0 Å². The first-order chi connectivity index (χ1) is 5.95. The second-order valence-electron chi connectivity index (χ2n) is 3.64. The summed E-state index contributed by atoms with van der Waals surface area (Å²) >= 11 is 0. The first-order valence-electron chi connectivity index (χ1n) is 4.67. The molecule has 1 unspecified atom stereocenters. The largest absolute Gasteiger partial charge is 0.373 e. The Morgan fingerprint density at radius 2 is 2.33 bits per heavy atom. The summed E-state index contributed by atoms with van der Waals surface area (Å²) in [5.41, 5.74) is 4.58. The molecule has 1 heterocycles. The molecule has 1 nitrogen and oxygen atoms in total. The molecule has 1 heteroatoms. The maximum atomic E-state index is 5.65. The van der Waals surface area contributed by atoms with Crippen LogP contribution in [0.4, 0.5) is 0 Å². The van der Waals surface area contributed by atoms with Gasteiger partial charge in [0.2, 0.25) is 0 Å². The van der Waals surface area contributed by atoms with Crippen molar-refractivity contribution in [3.8, 4) is 0 Å². The molecule has 0 aromatic heterocycles. The summed E-state index contributed by atoms with van der Waals surface area (Å²) in [5, 5.41) is 0. The Labute approximate surface area is 72.4 Å². The van der Waals surface area contributed by atoms with E-state index in [4.69, 9.17) is 4.74 Å². The third-order valence-electron chi connectivity index (χ3n) is 3.01. The van der Waals surface area contributed by atoms with Crippen LogP contribution < -0.4 is 0 Å². The third-order valence-corrected chi connectivity index (χ3v) is 3.01. The zero-order chi connectivity index (χ0) is 7.97. The van der Waals surface area contributed by atoms with Crippen LogP contribution >= 0.6 is 0 Å². The van der Waals surface area contributed by atoms with Crippen LogP contribution in [0.15, 0.2) is 34.9 Å². The van der Waals surface area contributed by atoms with Gasteiger partial charge < -0.3 is 4.74 Å². The highest BCUT2D eigenvalue weighted by Crippen LogP contribution is 2.39. The lowest BCUT2D eigenvalue weighted by Gasteiger charge is -2.21. The summed E-state index contributed by atoms with van der Waals surface area (Å²) in [6.07, 6.45) is 10.7. The number of rotatable bonds is 0. The molecule has 3 rings (SSSR count). The summed E-state index contributed by atoms with van der Waals surface area (Å²) in [4.78, 5) is 0. The van der Waals surface area contributed by atoms with Crippen molar-refractivity contribution < 1.29 is 4.74 Å². The fourth-order valence-corrected chi connectivity index (χ4v) is 2.41. The molecule has 2 aliphatic carbocycles. The Morgan fingerprint density at radius 1 is 1.33 bits per heavy atom. The zero-order valence-corrected chi connectivity index (χ0v) is 7.05. The van der Waals surface area contributed by atoms with Gasteiger partial charge in [-0.2, -0.15) is 0 Å². The molecule has 62 valence electrons. The molecule has 0 aromatic carbocycles. The van der Waals surface area contributed by atoms with Gasteiger partial charge in [-0.3, -0.25) is 0 Å². The summed E-state index contributed by atoms with van der Waals surface area (Å²) in [5.74, 6) is 0. The lowest BCUT2D eigenvalue weighted by Crippen LogP contribution is -2.14. The highest BCUT2D eigenvalue weighted by molar-refractivity contribution is 5.54. The highest BCUT2D eigenvalue weighted by atomic mass is 16.5. The van der Waals surface area contributed by atoms with E-state index in [-0.39, 0.29) is 0 Å². The minimum Gasteiger partial charge on any atom is -0.373 e. The molecule has 1 saturated heterocycles. The Balaban J connectivity index is 2.12. The van der Waals surface area contributed by atoms with E-state index >= 15 is 0 Å². The van der Waals surface area contributed by atoms with Crippen LogP contribution in [0.2, 0.25) is 0 Å². The van der Waals surface area contributed by atoms with Gasteiger partial charge in [0, 0.05) is 0 Å². The van der Waals surface area contributed by atoms with Crippen LogP contribution in [0, 0.1) is 0 Å². The van der Waals surface area contributed by atoms with E-state index in [1.807, 2.05) is 0 Å². The van der Waals surface area contributed by atoms with E-state index < -0.39 is 0 Å². The van der Waals surface area contributed by atoms with Gasteiger partial charge in [-0.25, -0.2) is 0 Å². The SMILES string of the molecule is C1=CC2=C3CCOC3CCC2=C1. The summed E-state index contributed by atoms with van der Waals surface area (Å²) in [6.45, 7) is 0.935. The minimum absolute atomic E-state index is 0.458. The van der Waals surface area contributed by atoms with E-state index in [1.54, 1.807) is 5.57 Å². The highest BCUT2D eigenvalue weighted by Gasteiger charge is 2.30. The summed E-state index contributed by atoms with van der Waals surface area (Å²) in [7, 11) is 0. The maximum absolute atomic E-state index is 5.65. The average molecular weight is 160 g/mol. The van der Waals surface area contributed by atoms with Crippen LogP contribution in [0.1, 0.15) is 19.3 Å². The molecule has 1 fully saturated rings. The fraction of sp³-hybridized carbons (Fsp3) is 0.455. The second-order valence-corrected chi connectivity index (χ2v) is 3.64. The van der Waals surface area contributed by atoms with E-state index in [1.165, 1.54) is 24.0 Å². The molecule has 3 aliphatic rings. The minimum atomic E-state index is 0.458. The lowest BCUT2D eigenvalue weighted by atomic mass is 9.87. The Morgan fingerprint density at radius 3 is 3.33 bits per heavy atom. The average Bonchev–Trinajstić information content (AvgIpc) is 2.71. The molecule has 1 aliphatic heterocycles. The van der Waals surface area contributed by atoms with Gasteiger partial charge in [0.15, 0.2) is 0 Å². The van der Waals surface area contributed by atoms with Crippen molar-refractivity contribution in [1.82, 2.24) is 0 Å².